The zero-order valence-corrected chi connectivity index (χ0v) is 17.9. The second-order valence-electron chi connectivity index (χ2n) is 7.59. The molecule has 6 heteroatoms. The van der Waals surface area contributed by atoms with Gasteiger partial charge in [-0.3, -0.25) is 9.69 Å². The molecule has 1 N–H and O–H groups in total. The smallest absolute Gasteiger partial charge is 0.251 e. The monoisotopic (exact) mass is 452 g/mol. The number of benzene rings is 2. The Morgan fingerprint density at radius 2 is 1.93 bits per heavy atom. The van der Waals surface area contributed by atoms with Crippen LogP contribution in [0.1, 0.15) is 28.8 Å². The van der Waals surface area contributed by atoms with E-state index in [1.54, 1.807) is 10.9 Å². The average Bonchev–Trinajstić information content (AvgIpc) is 3.19. The Bertz CT molecular complexity index is 939. The van der Waals surface area contributed by atoms with Gasteiger partial charge in [0.05, 0.1) is 16.4 Å². The van der Waals surface area contributed by atoms with Gasteiger partial charge in [0.2, 0.25) is 0 Å². The molecular weight excluding hydrogens is 428 g/mol. The van der Waals surface area contributed by atoms with Crippen LogP contribution in [0.15, 0.2) is 71.5 Å². The van der Waals surface area contributed by atoms with Gasteiger partial charge in [-0.25, -0.2) is 4.68 Å². The number of nitrogens with one attached hydrogen (secondary N) is 1. The van der Waals surface area contributed by atoms with Crippen molar-refractivity contribution >= 4 is 21.8 Å². The van der Waals surface area contributed by atoms with Crippen molar-refractivity contribution in [2.45, 2.75) is 19.4 Å². The predicted molar refractivity (Wildman–Crippen MR) is 118 cm³/mol. The van der Waals surface area contributed by atoms with E-state index in [1.165, 1.54) is 18.4 Å². The van der Waals surface area contributed by atoms with E-state index in [4.69, 9.17) is 0 Å². The lowest BCUT2D eigenvalue weighted by molar-refractivity contribution is 0.0930. The summed E-state index contributed by atoms with van der Waals surface area (Å²) in [6.45, 7) is 3.86. The van der Waals surface area contributed by atoms with Gasteiger partial charge in [-0.15, -0.1) is 0 Å². The van der Waals surface area contributed by atoms with Crippen molar-refractivity contribution in [2.75, 3.05) is 19.6 Å². The van der Waals surface area contributed by atoms with Gasteiger partial charge in [-0.2, -0.15) is 5.10 Å². The van der Waals surface area contributed by atoms with Crippen molar-refractivity contribution in [1.82, 2.24) is 20.0 Å². The van der Waals surface area contributed by atoms with Gasteiger partial charge in [0, 0.05) is 31.4 Å². The van der Waals surface area contributed by atoms with E-state index in [-0.39, 0.29) is 5.91 Å². The maximum Gasteiger partial charge on any atom is 0.251 e. The Morgan fingerprint density at radius 1 is 1.14 bits per heavy atom. The zero-order valence-electron chi connectivity index (χ0n) is 16.3. The average molecular weight is 453 g/mol. The molecule has 0 radical (unpaired) electrons. The molecule has 1 aliphatic heterocycles. The summed E-state index contributed by atoms with van der Waals surface area (Å²) in [5, 5.41) is 7.38. The molecule has 0 saturated carbocycles. The summed E-state index contributed by atoms with van der Waals surface area (Å²) in [7, 11) is 0. The highest BCUT2D eigenvalue weighted by Crippen LogP contribution is 2.18. The lowest BCUT2D eigenvalue weighted by Crippen LogP contribution is -2.40. The number of carbonyl (C=O) groups excluding carboxylic acids is 1. The van der Waals surface area contributed by atoms with Gasteiger partial charge in [0.25, 0.3) is 5.91 Å². The highest BCUT2D eigenvalue weighted by molar-refractivity contribution is 9.10. The van der Waals surface area contributed by atoms with Gasteiger partial charge in [-0.1, -0.05) is 30.3 Å². The number of rotatable bonds is 6. The fraction of sp³-hybridized carbons (Fsp3) is 0.304. The highest BCUT2D eigenvalue weighted by Gasteiger charge is 2.20. The molecule has 150 valence electrons. The molecule has 1 aromatic heterocycles. The van der Waals surface area contributed by atoms with Crippen LogP contribution in [-0.2, 0) is 6.54 Å². The number of nitrogens with zero attached hydrogens (tertiary/aromatic N) is 3. The molecule has 0 bridgehead atoms. The second kappa shape index (κ2) is 9.37. The minimum atomic E-state index is -0.0154. The van der Waals surface area contributed by atoms with E-state index in [2.05, 4.69) is 61.6 Å². The standard InChI is InChI=1S/C23H25BrN4O/c24-21-14-26-28(17-21)22-10-8-20(9-11-22)23(29)25-13-19-7-4-12-27(16-19)15-18-5-2-1-3-6-18/h1-3,5-6,8-11,14,17,19H,4,7,12-13,15-16H2,(H,25,29). The topological polar surface area (TPSA) is 50.2 Å². The summed E-state index contributed by atoms with van der Waals surface area (Å²) >= 11 is 3.40. The third-order valence-electron chi connectivity index (χ3n) is 5.35. The van der Waals surface area contributed by atoms with Crippen molar-refractivity contribution in [3.8, 4) is 5.69 Å². The minimum Gasteiger partial charge on any atom is -0.352 e. The Balaban J connectivity index is 1.28. The van der Waals surface area contributed by atoms with Gasteiger partial charge in [-0.05, 0) is 71.1 Å². The molecule has 5 nitrogen and oxygen atoms in total. The molecule has 29 heavy (non-hydrogen) atoms. The van der Waals surface area contributed by atoms with Crippen molar-refractivity contribution < 1.29 is 4.79 Å². The summed E-state index contributed by atoms with van der Waals surface area (Å²) in [6, 6.07) is 18.1. The van der Waals surface area contributed by atoms with Crippen LogP contribution in [0.25, 0.3) is 5.69 Å². The quantitative estimate of drug-likeness (QED) is 0.607. The zero-order chi connectivity index (χ0) is 20.1. The molecule has 1 fully saturated rings. The molecule has 1 unspecified atom stereocenters. The first-order chi connectivity index (χ1) is 14.2. The van der Waals surface area contributed by atoms with E-state index in [1.807, 2.05) is 30.5 Å². The van der Waals surface area contributed by atoms with Crippen LogP contribution in [0.3, 0.4) is 0 Å². The van der Waals surface area contributed by atoms with Crippen molar-refractivity contribution in [2.24, 2.45) is 5.92 Å². The second-order valence-corrected chi connectivity index (χ2v) is 8.50. The van der Waals surface area contributed by atoms with Crippen molar-refractivity contribution in [3.63, 3.8) is 0 Å². The van der Waals surface area contributed by atoms with Crippen LogP contribution in [0, 0.1) is 5.92 Å². The molecule has 0 spiro atoms. The molecule has 1 saturated heterocycles. The summed E-state index contributed by atoms with van der Waals surface area (Å²) in [5.74, 6) is 0.482. The van der Waals surface area contributed by atoms with E-state index < -0.39 is 0 Å². The number of aromatic nitrogens is 2. The van der Waals surface area contributed by atoms with Gasteiger partial charge in [0.1, 0.15) is 0 Å². The fourth-order valence-corrected chi connectivity index (χ4v) is 4.14. The van der Waals surface area contributed by atoms with Crippen molar-refractivity contribution in [3.05, 3.63) is 82.6 Å². The van der Waals surface area contributed by atoms with Crippen LogP contribution >= 0.6 is 15.9 Å². The SMILES string of the molecule is O=C(NCC1CCCN(Cc2ccccc2)C1)c1ccc(-n2cc(Br)cn2)cc1. The summed E-state index contributed by atoms with van der Waals surface area (Å²) < 4.78 is 2.70. The first-order valence-corrected chi connectivity index (χ1v) is 10.8. The van der Waals surface area contributed by atoms with E-state index >= 15 is 0 Å². The Kier molecular flexibility index (Phi) is 6.42. The first kappa shape index (κ1) is 19.9. The molecule has 4 rings (SSSR count). The summed E-state index contributed by atoms with van der Waals surface area (Å²) in [4.78, 5) is 15.0. The molecule has 1 atom stereocenters. The number of hydrogen-bond acceptors (Lipinski definition) is 3. The Morgan fingerprint density at radius 3 is 2.66 bits per heavy atom. The lowest BCUT2D eigenvalue weighted by Gasteiger charge is -2.32. The van der Waals surface area contributed by atoms with E-state index in [0.29, 0.717) is 11.5 Å². The maximum absolute atomic E-state index is 12.6. The predicted octanol–water partition coefficient (Wildman–Crippen LogP) is 4.28. The van der Waals surface area contributed by atoms with Crippen LogP contribution < -0.4 is 5.32 Å². The molecule has 1 aliphatic rings. The number of carbonyl (C=O) groups is 1. The molecule has 3 aromatic rings. The fourth-order valence-electron chi connectivity index (χ4n) is 3.85. The number of likely N-dealkylation sites (tertiary alicyclic amines) is 1. The number of piperidine rings is 1. The summed E-state index contributed by atoms with van der Waals surface area (Å²) in [6.07, 6.45) is 5.98. The molecular formula is C23H25BrN4O. The molecule has 0 aliphatic carbocycles. The number of halogens is 1. The Labute approximate surface area is 179 Å². The minimum absolute atomic E-state index is 0.0154. The maximum atomic E-state index is 12.6. The third kappa shape index (κ3) is 5.34. The van der Waals surface area contributed by atoms with Gasteiger partial charge in [0.15, 0.2) is 0 Å². The third-order valence-corrected chi connectivity index (χ3v) is 5.76. The highest BCUT2D eigenvalue weighted by atomic mass is 79.9. The van der Waals surface area contributed by atoms with Crippen LogP contribution in [0.2, 0.25) is 0 Å². The van der Waals surface area contributed by atoms with Gasteiger partial charge < -0.3 is 5.32 Å². The van der Waals surface area contributed by atoms with E-state index in [0.717, 1.165) is 36.3 Å². The summed E-state index contributed by atoms with van der Waals surface area (Å²) in [5.41, 5.74) is 2.95. The van der Waals surface area contributed by atoms with Gasteiger partial charge >= 0.3 is 0 Å². The molecule has 2 heterocycles. The Hall–Kier alpha value is -2.44. The lowest BCUT2D eigenvalue weighted by atomic mass is 9.97. The molecule has 1 amide bonds. The number of amides is 1. The van der Waals surface area contributed by atoms with Crippen LogP contribution in [0.4, 0.5) is 0 Å². The molecule has 2 aromatic carbocycles. The largest absolute Gasteiger partial charge is 0.352 e. The van der Waals surface area contributed by atoms with Crippen molar-refractivity contribution in [1.29, 1.82) is 0 Å². The normalized spacial score (nSPS) is 17.2. The van der Waals surface area contributed by atoms with E-state index in [9.17, 15) is 4.79 Å². The van der Waals surface area contributed by atoms with Crippen LogP contribution in [-0.4, -0.2) is 40.2 Å². The first-order valence-electron chi connectivity index (χ1n) is 10.0. The number of hydrogen-bond donors (Lipinski definition) is 1. The van der Waals surface area contributed by atoms with Crippen LogP contribution in [0.5, 0.6) is 0 Å².